The van der Waals surface area contributed by atoms with E-state index in [0.29, 0.717) is 15.4 Å². The van der Waals surface area contributed by atoms with E-state index in [1.54, 1.807) is 29.6 Å². The number of carbonyl (C=O) groups excluding carboxylic acids is 1. The van der Waals surface area contributed by atoms with E-state index in [1.807, 2.05) is 4.90 Å². The van der Waals surface area contributed by atoms with E-state index in [9.17, 15) is 14.0 Å². The van der Waals surface area contributed by atoms with Crippen molar-refractivity contribution in [3.05, 3.63) is 51.9 Å². The molecule has 3 heterocycles. The number of nitrogens with zero attached hydrogens (tertiary/aromatic N) is 3. The molecule has 2 aromatic heterocycles. The van der Waals surface area contributed by atoms with Crippen molar-refractivity contribution >= 4 is 39.2 Å². The van der Waals surface area contributed by atoms with Crippen molar-refractivity contribution in [2.24, 2.45) is 0 Å². The number of hydrogen-bond acceptors (Lipinski definition) is 5. The van der Waals surface area contributed by atoms with E-state index in [4.69, 9.17) is 0 Å². The van der Waals surface area contributed by atoms with Gasteiger partial charge in [-0.2, -0.15) is 0 Å². The minimum absolute atomic E-state index is 0.0273. The minimum atomic E-state index is -0.499. The Hall–Kier alpha value is -2.19. The molecular weight excluding hydrogens is 385 g/mol. The highest BCUT2D eigenvalue weighted by Gasteiger charge is 2.20. The van der Waals surface area contributed by atoms with Gasteiger partial charge in [0.15, 0.2) is 5.16 Å². The second-order valence-corrected chi connectivity index (χ2v) is 8.21. The summed E-state index contributed by atoms with van der Waals surface area (Å²) < 4.78 is 16.1. The zero-order valence-electron chi connectivity index (χ0n) is 14.6. The quantitative estimate of drug-likeness (QED) is 0.492. The van der Waals surface area contributed by atoms with Crippen molar-refractivity contribution in [3.63, 3.8) is 0 Å². The van der Waals surface area contributed by atoms with Crippen LogP contribution >= 0.6 is 23.1 Å². The summed E-state index contributed by atoms with van der Waals surface area (Å²) in [7, 11) is 0. The highest BCUT2D eigenvalue weighted by molar-refractivity contribution is 7.99. The number of halogens is 1. The van der Waals surface area contributed by atoms with Crippen LogP contribution in [0.1, 0.15) is 19.3 Å². The van der Waals surface area contributed by atoms with Gasteiger partial charge in [0.25, 0.3) is 5.56 Å². The molecule has 4 rings (SSSR count). The fraction of sp³-hybridized carbons (Fsp3) is 0.316. The zero-order valence-corrected chi connectivity index (χ0v) is 16.2. The van der Waals surface area contributed by atoms with Gasteiger partial charge < -0.3 is 4.90 Å². The van der Waals surface area contributed by atoms with Gasteiger partial charge in [0.2, 0.25) is 5.91 Å². The maximum atomic E-state index is 14.4. The summed E-state index contributed by atoms with van der Waals surface area (Å²) in [4.78, 5) is 31.9. The standard InChI is InChI=1S/C19H18FN3O2S2/c20-13-6-2-3-7-15(13)23-18(25)17-14(8-11-26-17)21-19(23)27-12-16(24)22-9-4-1-5-10-22/h2-3,6-8,11H,1,4-5,9-10,12H2. The number of likely N-dealkylation sites (tertiary alicyclic amines) is 1. The number of benzene rings is 1. The number of para-hydroxylation sites is 1. The molecule has 1 aliphatic heterocycles. The number of aromatic nitrogens is 2. The molecule has 0 radical (unpaired) electrons. The first-order valence-electron chi connectivity index (χ1n) is 8.81. The normalized spacial score (nSPS) is 14.6. The van der Waals surface area contributed by atoms with E-state index >= 15 is 0 Å². The number of rotatable bonds is 4. The lowest BCUT2D eigenvalue weighted by Gasteiger charge is -2.26. The van der Waals surface area contributed by atoms with Crippen LogP contribution in [-0.4, -0.2) is 39.2 Å². The summed E-state index contributed by atoms with van der Waals surface area (Å²) in [6.45, 7) is 1.55. The third-order valence-electron chi connectivity index (χ3n) is 4.58. The van der Waals surface area contributed by atoms with Crippen LogP contribution < -0.4 is 5.56 Å². The number of piperidine rings is 1. The number of thiophene rings is 1. The van der Waals surface area contributed by atoms with Gasteiger partial charge in [-0.05, 0) is 42.8 Å². The van der Waals surface area contributed by atoms with E-state index in [0.717, 1.165) is 32.4 Å². The lowest BCUT2D eigenvalue weighted by molar-refractivity contribution is -0.129. The molecule has 8 heteroatoms. The van der Waals surface area contributed by atoms with E-state index in [1.165, 1.54) is 33.7 Å². The Bertz CT molecular complexity index is 1040. The van der Waals surface area contributed by atoms with Gasteiger partial charge in [-0.25, -0.2) is 9.37 Å². The zero-order chi connectivity index (χ0) is 18.8. The van der Waals surface area contributed by atoms with Crippen LogP contribution in [-0.2, 0) is 4.79 Å². The second kappa shape index (κ2) is 7.82. The summed E-state index contributed by atoms with van der Waals surface area (Å²) in [6.07, 6.45) is 3.20. The number of fused-ring (bicyclic) bond motifs is 1. The maximum absolute atomic E-state index is 14.4. The van der Waals surface area contributed by atoms with E-state index in [2.05, 4.69) is 4.98 Å². The van der Waals surface area contributed by atoms with Gasteiger partial charge in [0, 0.05) is 13.1 Å². The third kappa shape index (κ3) is 3.64. The van der Waals surface area contributed by atoms with Gasteiger partial charge in [-0.1, -0.05) is 23.9 Å². The molecule has 1 saturated heterocycles. The topological polar surface area (TPSA) is 55.2 Å². The monoisotopic (exact) mass is 403 g/mol. The van der Waals surface area contributed by atoms with Gasteiger partial charge in [-0.15, -0.1) is 11.3 Å². The van der Waals surface area contributed by atoms with Crippen LogP contribution in [0, 0.1) is 5.82 Å². The highest BCUT2D eigenvalue weighted by atomic mass is 32.2. The molecule has 0 spiro atoms. The maximum Gasteiger partial charge on any atom is 0.276 e. The van der Waals surface area contributed by atoms with Crippen LogP contribution in [0.15, 0.2) is 45.7 Å². The van der Waals surface area contributed by atoms with E-state index < -0.39 is 5.82 Å². The lowest BCUT2D eigenvalue weighted by atomic mass is 10.1. The van der Waals surface area contributed by atoms with E-state index in [-0.39, 0.29) is 22.9 Å². The van der Waals surface area contributed by atoms with Crippen molar-refractivity contribution in [2.75, 3.05) is 18.8 Å². The molecule has 1 fully saturated rings. The summed E-state index contributed by atoms with van der Waals surface area (Å²) in [6, 6.07) is 7.89. The first-order valence-corrected chi connectivity index (χ1v) is 10.7. The lowest BCUT2D eigenvalue weighted by Crippen LogP contribution is -2.36. The molecular formula is C19H18FN3O2S2. The number of thioether (sulfide) groups is 1. The van der Waals surface area contributed by atoms with Gasteiger partial charge >= 0.3 is 0 Å². The largest absolute Gasteiger partial charge is 0.342 e. The molecule has 1 aliphatic rings. The average molecular weight is 404 g/mol. The molecule has 27 heavy (non-hydrogen) atoms. The minimum Gasteiger partial charge on any atom is -0.342 e. The number of carbonyl (C=O) groups is 1. The molecule has 3 aromatic rings. The Morgan fingerprint density at radius 2 is 1.96 bits per heavy atom. The SMILES string of the molecule is O=C(CSc1nc2ccsc2c(=O)n1-c1ccccc1F)N1CCCCC1. The molecule has 0 saturated carbocycles. The Labute approximate surface area is 163 Å². The Balaban J connectivity index is 1.71. The smallest absolute Gasteiger partial charge is 0.276 e. The Kier molecular flexibility index (Phi) is 5.27. The third-order valence-corrected chi connectivity index (χ3v) is 6.39. The second-order valence-electron chi connectivity index (χ2n) is 6.35. The molecule has 0 N–H and O–H groups in total. The molecule has 0 aliphatic carbocycles. The van der Waals surface area contributed by atoms with Crippen LogP contribution in [0.3, 0.4) is 0 Å². The van der Waals surface area contributed by atoms with Gasteiger partial charge in [0.05, 0.1) is 17.0 Å². The fourth-order valence-electron chi connectivity index (χ4n) is 3.20. The van der Waals surface area contributed by atoms with Crippen LogP contribution in [0.5, 0.6) is 0 Å². The molecule has 0 bridgehead atoms. The van der Waals surface area contributed by atoms with Crippen molar-refractivity contribution in [3.8, 4) is 5.69 Å². The van der Waals surface area contributed by atoms with Crippen LogP contribution in [0.4, 0.5) is 4.39 Å². The average Bonchev–Trinajstić information content (AvgIpc) is 3.17. The Morgan fingerprint density at radius 1 is 1.19 bits per heavy atom. The molecule has 0 unspecified atom stereocenters. The summed E-state index contributed by atoms with van der Waals surface area (Å²) in [5, 5.41) is 2.12. The summed E-state index contributed by atoms with van der Waals surface area (Å²) in [5.41, 5.74) is 0.414. The van der Waals surface area contributed by atoms with Gasteiger partial charge in [0.1, 0.15) is 10.5 Å². The van der Waals surface area contributed by atoms with Crippen LogP contribution in [0.2, 0.25) is 0 Å². The summed E-state index contributed by atoms with van der Waals surface area (Å²) in [5.74, 6) is -0.294. The first kappa shape index (κ1) is 18.2. The molecule has 0 atom stereocenters. The van der Waals surface area contributed by atoms with Crippen molar-refractivity contribution < 1.29 is 9.18 Å². The highest BCUT2D eigenvalue weighted by Crippen LogP contribution is 2.25. The molecule has 1 aromatic carbocycles. The number of amides is 1. The molecule has 1 amide bonds. The molecule has 5 nitrogen and oxygen atoms in total. The van der Waals surface area contributed by atoms with Crippen molar-refractivity contribution in [1.29, 1.82) is 0 Å². The first-order chi connectivity index (χ1) is 13.1. The predicted molar refractivity (Wildman–Crippen MR) is 106 cm³/mol. The van der Waals surface area contributed by atoms with Crippen molar-refractivity contribution in [2.45, 2.75) is 24.4 Å². The number of hydrogen-bond donors (Lipinski definition) is 0. The van der Waals surface area contributed by atoms with Crippen molar-refractivity contribution in [1.82, 2.24) is 14.5 Å². The Morgan fingerprint density at radius 3 is 2.74 bits per heavy atom. The summed E-state index contributed by atoms with van der Waals surface area (Å²) >= 11 is 2.47. The van der Waals surface area contributed by atoms with Crippen LogP contribution in [0.25, 0.3) is 15.9 Å². The predicted octanol–water partition coefficient (Wildman–Crippen LogP) is 3.69. The molecule has 140 valence electrons. The van der Waals surface area contributed by atoms with Gasteiger partial charge in [-0.3, -0.25) is 14.2 Å². The fourth-order valence-corrected chi connectivity index (χ4v) is 4.86.